The van der Waals surface area contributed by atoms with Crippen molar-refractivity contribution in [3.63, 3.8) is 0 Å². The van der Waals surface area contributed by atoms with Gasteiger partial charge in [0, 0.05) is 28.5 Å². The lowest BCUT2D eigenvalue weighted by Gasteiger charge is -2.28. The highest BCUT2D eigenvalue weighted by atomic mass is 35.5. The van der Waals surface area contributed by atoms with Crippen molar-refractivity contribution >= 4 is 40.4 Å². The molecule has 10 heteroatoms. The Bertz CT molecular complexity index is 1200. The third-order valence-corrected chi connectivity index (χ3v) is 5.86. The summed E-state index contributed by atoms with van der Waals surface area (Å²) in [4.78, 5) is 40.3. The first-order chi connectivity index (χ1) is 16.7. The summed E-state index contributed by atoms with van der Waals surface area (Å²) in [6.07, 6.45) is 2.90. The van der Waals surface area contributed by atoms with E-state index in [0.717, 1.165) is 16.6 Å². The zero-order chi connectivity index (χ0) is 25.4. The van der Waals surface area contributed by atoms with E-state index in [1.807, 2.05) is 12.1 Å². The number of halogens is 2. The largest absolute Gasteiger partial charge is 0.464 e. The van der Waals surface area contributed by atoms with Gasteiger partial charge in [0.15, 0.2) is 0 Å². The number of nitrogens with one attached hydrogen (secondary N) is 4. The summed E-state index contributed by atoms with van der Waals surface area (Å²) in [6, 6.07) is 10.8. The number of esters is 1. The number of benzene rings is 2. The molecule has 0 aliphatic heterocycles. The van der Waals surface area contributed by atoms with Gasteiger partial charge in [-0.05, 0) is 74.6 Å². The van der Waals surface area contributed by atoms with Crippen LogP contribution < -0.4 is 16.2 Å². The van der Waals surface area contributed by atoms with E-state index in [-0.39, 0.29) is 25.3 Å². The van der Waals surface area contributed by atoms with E-state index in [1.165, 1.54) is 12.1 Å². The molecule has 1 aromatic heterocycles. The van der Waals surface area contributed by atoms with E-state index >= 15 is 0 Å². The number of hydrazine groups is 1. The smallest absolute Gasteiger partial charge is 0.334 e. The van der Waals surface area contributed by atoms with Crippen LogP contribution in [0.4, 0.5) is 9.18 Å². The summed E-state index contributed by atoms with van der Waals surface area (Å²) >= 11 is 5.92. The minimum atomic E-state index is -1.32. The molecule has 2 aromatic carbocycles. The number of hydrogen-bond donors (Lipinski definition) is 4. The predicted molar refractivity (Wildman–Crippen MR) is 131 cm³/mol. The predicted octanol–water partition coefficient (Wildman–Crippen LogP) is 4.18. The molecule has 3 amide bonds. The van der Waals surface area contributed by atoms with Crippen LogP contribution in [0.25, 0.3) is 10.9 Å². The first-order valence-corrected chi connectivity index (χ1v) is 11.6. The van der Waals surface area contributed by atoms with Gasteiger partial charge in [0.25, 0.3) is 0 Å². The molecule has 0 aliphatic rings. The maximum atomic E-state index is 13.5. The fraction of sp³-hybridized carbons (Fsp3) is 0.320. The van der Waals surface area contributed by atoms with Crippen LogP contribution in [0.2, 0.25) is 5.02 Å². The van der Waals surface area contributed by atoms with E-state index in [9.17, 15) is 18.8 Å². The molecule has 8 nitrogen and oxygen atoms in total. The minimum absolute atomic E-state index is 0.0649. The van der Waals surface area contributed by atoms with Crippen molar-refractivity contribution in [3.8, 4) is 0 Å². The summed E-state index contributed by atoms with van der Waals surface area (Å²) in [5.74, 6) is -1.38. The quantitative estimate of drug-likeness (QED) is 0.260. The number of rotatable bonds is 9. The number of fused-ring (bicyclic) bond motifs is 1. The molecule has 1 unspecified atom stereocenters. The summed E-state index contributed by atoms with van der Waals surface area (Å²) in [5.41, 5.74) is 5.78. The molecule has 4 N–H and O–H groups in total. The van der Waals surface area contributed by atoms with Gasteiger partial charge in [-0.1, -0.05) is 23.7 Å². The molecule has 1 heterocycles. The van der Waals surface area contributed by atoms with Gasteiger partial charge in [-0.25, -0.2) is 19.4 Å². The SMILES string of the molecule is CCOC(=O)C(C)(CCc1ccc(Cl)cc1)NC(=O)NNC(=O)CCc1c[nH]c2ccc(F)cc12. The second-order valence-corrected chi connectivity index (χ2v) is 8.75. The van der Waals surface area contributed by atoms with Crippen molar-refractivity contribution in [2.24, 2.45) is 0 Å². The highest BCUT2D eigenvalue weighted by Gasteiger charge is 2.36. The number of hydrogen-bond acceptors (Lipinski definition) is 4. The third kappa shape index (κ3) is 7.19. The number of aromatic amines is 1. The van der Waals surface area contributed by atoms with Gasteiger partial charge in [-0.3, -0.25) is 10.2 Å². The molecule has 1 atom stereocenters. The van der Waals surface area contributed by atoms with Gasteiger partial charge < -0.3 is 15.0 Å². The van der Waals surface area contributed by atoms with Crippen LogP contribution in [0, 0.1) is 5.82 Å². The molecule has 0 saturated carbocycles. The third-order valence-electron chi connectivity index (χ3n) is 5.61. The fourth-order valence-electron chi connectivity index (χ4n) is 3.63. The van der Waals surface area contributed by atoms with Crippen LogP contribution >= 0.6 is 11.6 Å². The second kappa shape index (κ2) is 11.7. The van der Waals surface area contributed by atoms with Crippen molar-refractivity contribution in [1.29, 1.82) is 0 Å². The minimum Gasteiger partial charge on any atom is -0.464 e. The van der Waals surface area contributed by atoms with Crippen LogP contribution in [-0.4, -0.2) is 35.0 Å². The van der Waals surface area contributed by atoms with Gasteiger partial charge in [-0.15, -0.1) is 0 Å². The van der Waals surface area contributed by atoms with E-state index in [1.54, 1.807) is 38.2 Å². The summed E-state index contributed by atoms with van der Waals surface area (Å²) < 4.78 is 18.7. The molecule has 0 aliphatic carbocycles. The number of carbonyl (C=O) groups is 3. The first kappa shape index (κ1) is 26.0. The maximum absolute atomic E-state index is 13.5. The molecule has 0 bridgehead atoms. The standard InChI is InChI=1S/C25H28ClFN4O4/c1-3-35-23(33)25(2,13-12-16-4-7-18(26)8-5-16)29-24(34)31-30-22(32)11-6-17-15-28-21-10-9-19(27)14-20(17)21/h4-5,7-10,14-15,28H,3,6,11-13H2,1-2H3,(H,30,32)(H2,29,31,34). The molecule has 0 saturated heterocycles. The van der Waals surface area contributed by atoms with Crippen LogP contribution in [0.1, 0.15) is 37.8 Å². The topological polar surface area (TPSA) is 112 Å². The molecule has 186 valence electrons. The van der Waals surface area contributed by atoms with Crippen molar-refractivity contribution in [2.75, 3.05) is 6.61 Å². The average molecular weight is 503 g/mol. The van der Waals surface area contributed by atoms with Crippen molar-refractivity contribution in [3.05, 3.63) is 70.6 Å². The second-order valence-electron chi connectivity index (χ2n) is 8.31. The zero-order valence-electron chi connectivity index (χ0n) is 19.5. The first-order valence-electron chi connectivity index (χ1n) is 11.2. The number of carbonyl (C=O) groups excluding carboxylic acids is 3. The van der Waals surface area contributed by atoms with Crippen molar-refractivity contribution in [2.45, 2.75) is 45.1 Å². The van der Waals surface area contributed by atoms with Gasteiger partial charge in [0.2, 0.25) is 5.91 Å². The summed E-state index contributed by atoms with van der Waals surface area (Å²) in [5, 5.41) is 3.91. The molecule has 0 radical (unpaired) electrons. The molecular weight excluding hydrogens is 475 g/mol. The Kier molecular flexibility index (Phi) is 8.70. The van der Waals surface area contributed by atoms with Crippen LogP contribution in [-0.2, 0) is 27.2 Å². The number of H-pyrrole nitrogens is 1. The molecule has 3 rings (SSSR count). The van der Waals surface area contributed by atoms with E-state index in [2.05, 4.69) is 21.2 Å². The summed E-state index contributed by atoms with van der Waals surface area (Å²) in [6.45, 7) is 3.41. The van der Waals surface area contributed by atoms with Crippen molar-refractivity contribution in [1.82, 2.24) is 21.2 Å². The van der Waals surface area contributed by atoms with Gasteiger partial charge in [-0.2, -0.15) is 0 Å². The Morgan fingerprint density at radius 2 is 1.83 bits per heavy atom. The Morgan fingerprint density at radius 3 is 2.54 bits per heavy atom. The zero-order valence-corrected chi connectivity index (χ0v) is 20.3. The van der Waals surface area contributed by atoms with Gasteiger partial charge in [0.05, 0.1) is 6.61 Å². The monoisotopic (exact) mass is 502 g/mol. The molecule has 3 aromatic rings. The average Bonchev–Trinajstić information content (AvgIpc) is 3.23. The Hall–Kier alpha value is -3.59. The lowest BCUT2D eigenvalue weighted by atomic mass is 9.93. The molecular formula is C25H28ClFN4O4. The summed E-state index contributed by atoms with van der Waals surface area (Å²) in [7, 11) is 0. The Balaban J connectivity index is 1.52. The van der Waals surface area contributed by atoms with Crippen LogP contribution in [0.15, 0.2) is 48.7 Å². The van der Waals surface area contributed by atoms with E-state index in [4.69, 9.17) is 16.3 Å². The van der Waals surface area contributed by atoms with E-state index in [0.29, 0.717) is 23.3 Å². The molecule has 0 fully saturated rings. The molecule has 35 heavy (non-hydrogen) atoms. The van der Waals surface area contributed by atoms with Gasteiger partial charge >= 0.3 is 12.0 Å². The number of aryl methyl sites for hydroxylation is 2. The normalized spacial score (nSPS) is 12.6. The highest BCUT2D eigenvalue weighted by Crippen LogP contribution is 2.21. The van der Waals surface area contributed by atoms with Gasteiger partial charge in [0.1, 0.15) is 11.4 Å². The Labute approximate surface area is 207 Å². The van der Waals surface area contributed by atoms with E-state index < -0.39 is 23.4 Å². The lowest BCUT2D eigenvalue weighted by molar-refractivity contribution is -0.150. The molecule has 0 spiro atoms. The number of urea groups is 1. The lowest BCUT2D eigenvalue weighted by Crippen LogP contribution is -2.58. The number of amides is 3. The number of ether oxygens (including phenoxy) is 1. The fourth-order valence-corrected chi connectivity index (χ4v) is 3.75. The number of aromatic nitrogens is 1. The van der Waals surface area contributed by atoms with Crippen molar-refractivity contribution < 1.29 is 23.5 Å². The maximum Gasteiger partial charge on any atom is 0.334 e. The highest BCUT2D eigenvalue weighted by molar-refractivity contribution is 6.30. The van der Waals surface area contributed by atoms with Crippen LogP contribution in [0.3, 0.4) is 0 Å². The van der Waals surface area contributed by atoms with Crippen LogP contribution in [0.5, 0.6) is 0 Å². The Morgan fingerprint density at radius 1 is 1.09 bits per heavy atom.